The number of quaternary nitrogens is 1. The highest BCUT2D eigenvalue weighted by molar-refractivity contribution is 5.94. The molecule has 1 aromatic rings. The fourth-order valence-electron chi connectivity index (χ4n) is 3.83. The molecular formula is C20H27N4O3+. The van der Waals surface area contributed by atoms with E-state index >= 15 is 0 Å². The predicted molar refractivity (Wildman–Crippen MR) is 100 cm³/mol. The summed E-state index contributed by atoms with van der Waals surface area (Å²) in [5.41, 5.74) is 1.01. The van der Waals surface area contributed by atoms with Crippen molar-refractivity contribution in [3.05, 3.63) is 29.8 Å². The largest absolute Gasteiger partial charge is 0.378 e. The first-order valence-electron chi connectivity index (χ1n) is 9.61. The van der Waals surface area contributed by atoms with E-state index in [1.165, 1.54) is 4.90 Å². The highest BCUT2D eigenvalue weighted by Gasteiger charge is 2.35. The molecule has 0 saturated carbocycles. The molecule has 0 aliphatic carbocycles. The van der Waals surface area contributed by atoms with Gasteiger partial charge in [0.1, 0.15) is 6.07 Å². The summed E-state index contributed by atoms with van der Waals surface area (Å²) in [5, 5.41) is 12.0. The molecule has 0 bridgehead atoms. The number of carbonyl (C=O) groups excluding carboxylic acids is 2. The number of para-hydroxylation sites is 1. The van der Waals surface area contributed by atoms with Crippen molar-refractivity contribution in [3.8, 4) is 6.07 Å². The second kappa shape index (κ2) is 8.98. The van der Waals surface area contributed by atoms with Crippen molar-refractivity contribution in [2.75, 3.05) is 44.7 Å². The number of nitriles is 1. The Kier molecular flexibility index (Phi) is 6.43. The Balaban J connectivity index is 1.52. The summed E-state index contributed by atoms with van der Waals surface area (Å²) in [6.07, 6.45) is 1.61. The van der Waals surface area contributed by atoms with Crippen molar-refractivity contribution in [2.24, 2.45) is 5.92 Å². The van der Waals surface area contributed by atoms with E-state index in [9.17, 15) is 9.59 Å². The number of morpholine rings is 1. The Labute approximate surface area is 159 Å². The second-order valence-corrected chi connectivity index (χ2v) is 7.24. The van der Waals surface area contributed by atoms with Crippen LogP contribution in [0.1, 0.15) is 25.3 Å². The number of hydrogen-bond acceptors (Lipinski definition) is 4. The van der Waals surface area contributed by atoms with E-state index in [0.29, 0.717) is 37.6 Å². The molecule has 1 aromatic carbocycles. The van der Waals surface area contributed by atoms with Crippen LogP contribution in [0.5, 0.6) is 0 Å². The van der Waals surface area contributed by atoms with E-state index in [4.69, 9.17) is 10.00 Å². The number of hydrogen-bond donors (Lipinski definition) is 2. The molecule has 7 nitrogen and oxygen atoms in total. The maximum atomic E-state index is 12.6. The smallest absolute Gasteiger partial charge is 0.282 e. The summed E-state index contributed by atoms with van der Waals surface area (Å²) in [4.78, 5) is 28.3. The molecule has 0 spiro atoms. The zero-order chi connectivity index (χ0) is 19.2. The van der Waals surface area contributed by atoms with Gasteiger partial charge >= 0.3 is 0 Å². The van der Waals surface area contributed by atoms with Gasteiger partial charge in [-0.1, -0.05) is 12.1 Å². The molecule has 2 aliphatic rings. The van der Waals surface area contributed by atoms with E-state index in [1.807, 2.05) is 11.8 Å². The first-order valence-corrected chi connectivity index (χ1v) is 9.61. The van der Waals surface area contributed by atoms with Gasteiger partial charge in [0.25, 0.3) is 5.91 Å². The molecule has 1 atom stereocenters. The van der Waals surface area contributed by atoms with E-state index in [1.54, 1.807) is 24.3 Å². The van der Waals surface area contributed by atoms with Crippen LogP contribution in [0, 0.1) is 17.2 Å². The summed E-state index contributed by atoms with van der Waals surface area (Å²) in [5.74, 6) is 0.199. The van der Waals surface area contributed by atoms with Gasteiger partial charge < -0.3 is 19.9 Å². The van der Waals surface area contributed by atoms with Gasteiger partial charge in [0, 0.05) is 31.8 Å². The average Bonchev–Trinajstić information content (AvgIpc) is 2.73. The zero-order valence-electron chi connectivity index (χ0n) is 15.7. The topological polar surface area (TPSA) is 86.9 Å². The fourth-order valence-corrected chi connectivity index (χ4v) is 3.83. The number of ether oxygens (including phenoxy) is 1. The third-order valence-corrected chi connectivity index (χ3v) is 5.61. The minimum atomic E-state index is -0.226. The average molecular weight is 371 g/mol. The molecule has 2 amide bonds. The molecule has 0 radical (unpaired) electrons. The molecule has 27 heavy (non-hydrogen) atoms. The molecular weight excluding hydrogens is 344 g/mol. The molecule has 0 aromatic heterocycles. The number of amides is 2. The minimum Gasteiger partial charge on any atom is -0.378 e. The van der Waals surface area contributed by atoms with Gasteiger partial charge in [-0.2, -0.15) is 5.26 Å². The molecule has 2 fully saturated rings. The van der Waals surface area contributed by atoms with Crippen LogP contribution in [0.25, 0.3) is 0 Å². The summed E-state index contributed by atoms with van der Waals surface area (Å²) < 4.78 is 5.31. The molecule has 2 heterocycles. The van der Waals surface area contributed by atoms with Crippen molar-refractivity contribution in [2.45, 2.75) is 25.8 Å². The van der Waals surface area contributed by atoms with Gasteiger partial charge in [0.05, 0.1) is 37.6 Å². The summed E-state index contributed by atoms with van der Waals surface area (Å²) in [6.45, 7) is 6.12. The van der Waals surface area contributed by atoms with Crippen molar-refractivity contribution in [1.29, 1.82) is 5.26 Å². The van der Waals surface area contributed by atoms with Crippen LogP contribution in [-0.2, 0) is 14.3 Å². The number of anilines is 1. The highest BCUT2D eigenvalue weighted by Crippen LogP contribution is 2.16. The Bertz CT molecular complexity index is 716. The Morgan fingerprint density at radius 3 is 2.59 bits per heavy atom. The molecule has 0 unspecified atom stereocenters. The number of nitrogens with zero attached hydrogens (tertiary/aromatic N) is 2. The molecule has 2 saturated heterocycles. The third-order valence-electron chi connectivity index (χ3n) is 5.61. The lowest BCUT2D eigenvalue weighted by atomic mass is 9.94. The van der Waals surface area contributed by atoms with Gasteiger partial charge in [0.2, 0.25) is 5.91 Å². The van der Waals surface area contributed by atoms with Crippen LogP contribution in [0.3, 0.4) is 0 Å². The summed E-state index contributed by atoms with van der Waals surface area (Å²) in [6, 6.07) is 8.88. The summed E-state index contributed by atoms with van der Waals surface area (Å²) >= 11 is 0. The Hall–Kier alpha value is -2.43. The molecule has 2 aliphatic heterocycles. The standard InChI is InChI=1S/C20H26N4O3/c1-15(19(25)22-18-5-3-2-4-17(18)14-21)23-8-6-16(7-9-23)20(26)24-10-12-27-13-11-24/h2-5,15-16H,6-13H2,1H3,(H,22,25)/p+1/t15-/m0/s1. The lowest BCUT2D eigenvalue weighted by Crippen LogP contribution is -3.17. The second-order valence-electron chi connectivity index (χ2n) is 7.24. The maximum Gasteiger partial charge on any atom is 0.282 e. The van der Waals surface area contributed by atoms with Gasteiger partial charge in [-0.3, -0.25) is 9.59 Å². The molecule has 7 heteroatoms. The molecule has 144 valence electrons. The normalized spacial score (nSPS) is 23.9. The monoisotopic (exact) mass is 371 g/mol. The van der Waals surface area contributed by atoms with Crippen molar-refractivity contribution < 1.29 is 19.2 Å². The lowest BCUT2D eigenvalue weighted by molar-refractivity contribution is -0.919. The van der Waals surface area contributed by atoms with Crippen LogP contribution >= 0.6 is 0 Å². The van der Waals surface area contributed by atoms with Crippen molar-refractivity contribution >= 4 is 17.5 Å². The van der Waals surface area contributed by atoms with Gasteiger partial charge in [-0.25, -0.2) is 0 Å². The number of rotatable bonds is 4. The van der Waals surface area contributed by atoms with Gasteiger partial charge in [-0.15, -0.1) is 0 Å². The number of carbonyl (C=O) groups is 2. The SMILES string of the molecule is C[C@@H](C(=O)Nc1ccccc1C#N)[NH+]1CCC(C(=O)N2CCOCC2)CC1. The summed E-state index contributed by atoms with van der Waals surface area (Å²) in [7, 11) is 0. The quantitative estimate of drug-likeness (QED) is 0.782. The van der Waals surface area contributed by atoms with Crippen molar-refractivity contribution in [3.63, 3.8) is 0 Å². The van der Waals surface area contributed by atoms with Crippen LogP contribution in [0.2, 0.25) is 0 Å². The predicted octanol–water partition coefficient (Wildman–Crippen LogP) is 0.0390. The number of piperidine rings is 1. The Morgan fingerprint density at radius 1 is 1.26 bits per heavy atom. The van der Waals surface area contributed by atoms with Crippen LogP contribution in [0.15, 0.2) is 24.3 Å². The van der Waals surface area contributed by atoms with Crippen LogP contribution < -0.4 is 10.2 Å². The van der Waals surface area contributed by atoms with E-state index in [-0.39, 0.29) is 23.8 Å². The van der Waals surface area contributed by atoms with Crippen LogP contribution in [-0.4, -0.2) is 62.1 Å². The van der Waals surface area contributed by atoms with Crippen molar-refractivity contribution in [1.82, 2.24) is 4.90 Å². The first-order chi connectivity index (χ1) is 13.1. The Morgan fingerprint density at radius 2 is 1.93 bits per heavy atom. The van der Waals surface area contributed by atoms with E-state index in [2.05, 4.69) is 11.4 Å². The highest BCUT2D eigenvalue weighted by atomic mass is 16.5. The van der Waals surface area contributed by atoms with Gasteiger partial charge in [0.15, 0.2) is 6.04 Å². The lowest BCUT2D eigenvalue weighted by Gasteiger charge is -2.35. The van der Waals surface area contributed by atoms with Crippen LogP contribution in [0.4, 0.5) is 5.69 Å². The fraction of sp³-hybridized carbons (Fsp3) is 0.550. The van der Waals surface area contributed by atoms with E-state index in [0.717, 1.165) is 25.9 Å². The minimum absolute atomic E-state index is 0.0569. The molecule has 3 rings (SSSR count). The third kappa shape index (κ3) is 4.65. The maximum absolute atomic E-state index is 12.6. The number of nitrogens with one attached hydrogen (secondary N) is 2. The number of likely N-dealkylation sites (tertiary alicyclic amines) is 1. The van der Waals surface area contributed by atoms with Gasteiger partial charge in [-0.05, 0) is 19.1 Å². The number of benzene rings is 1. The zero-order valence-corrected chi connectivity index (χ0v) is 15.7. The first kappa shape index (κ1) is 19.3. The molecule has 2 N–H and O–H groups in total. The van der Waals surface area contributed by atoms with E-state index < -0.39 is 0 Å².